The lowest BCUT2D eigenvalue weighted by atomic mass is 10.1. The van der Waals surface area contributed by atoms with Crippen LogP contribution in [-0.4, -0.2) is 23.8 Å². The summed E-state index contributed by atoms with van der Waals surface area (Å²) in [4.78, 5) is 36.8. The molecule has 1 atom stereocenters. The van der Waals surface area contributed by atoms with Crippen LogP contribution < -0.4 is 15.7 Å². The highest BCUT2D eigenvalue weighted by Gasteiger charge is 2.20. The molecule has 0 bridgehead atoms. The molecule has 0 unspecified atom stereocenters. The number of nitrogens with one attached hydrogen (secondary N) is 2. The predicted octanol–water partition coefficient (Wildman–Crippen LogP) is 1.53. The van der Waals surface area contributed by atoms with E-state index in [9.17, 15) is 19.5 Å². The minimum absolute atomic E-state index is 0.0162. The molecule has 2 amide bonds. The van der Waals surface area contributed by atoms with Crippen LogP contribution in [-0.2, 0) is 16.0 Å². The number of carboxylic acids is 1. The molecule has 0 aliphatic rings. The zero-order chi connectivity index (χ0) is 21.3. The fraction of sp³-hybridized carbons (Fsp3) is 0.0870. The van der Waals surface area contributed by atoms with E-state index in [0.29, 0.717) is 5.56 Å². The first kappa shape index (κ1) is 20.6. The second-order valence-corrected chi connectivity index (χ2v) is 6.43. The van der Waals surface area contributed by atoms with Crippen molar-refractivity contribution in [3.8, 4) is 0 Å². The monoisotopic (exact) mass is 403 g/mol. The Labute approximate surface area is 173 Å². The van der Waals surface area contributed by atoms with E-state index in [0.717, 1.165) is 5.56 Å². The van der Waals surface area contributed by atoms with Gasteiger partial charge >= 0.3 is 0 Å². The summed E-state index contributed by atoms with van der Waals surface area (Å²) >= 11 is 0. The van der Waals surface area contributed by atoms with E-state index in [-0.39, 0.29) is 17.9 Å². The van der Waals surface area contributed by atoms with Crippen LogP contribution in [0.2, 0.25) is 0 Å². The van der Waals surface area contributed by atoms with Crippen LogP contribution in [0.1, 0.15) is 21.7 Å². The number of benzene rings is 2. The first-order valence-electron chi connectivity index (χ1n) is 9.20. The van der Waals surface area contributed by atoms with E-state index < -0.39 is 23.8 Å². The van der Waals surface area contributed by atoms with Crippen molar-refractivity contribution >= 4 is 23.9 Å². The molecule has 30 heavy (non-hydrogen) atoms. The van der Waals surface area contributed by atoms with Gasteiger partial charge in [-0.1, -0.05) is 60.7 Å². The molecule has 3 aromatic rings. The van der Waals surface area contributed by atoms with E-state index in [1.165, 1.54) is 18.4 Å². The molecule has 0 radical (unpaired) electrons. The number of rotatable bonds is 8. The molecular weight excluding hydrogens is 384 g/mol. The summed E-state index contributed by atoms with van der Waals surface area (Å²) in [5.74, 6) is -2.81. The molecular formula is C23H19N2O5-. The summed E-state index contributed by atoms with van der Waals surface area (Å²) in [6.07, 6.45) is 2.83. The third-order valence-corrected chi connectivity index (χ3v) is 4.22. The van der Waals surface area contributed by atoms with E-state index in [4.69, 9.17) is 4.42 Å². The first-order valence-corrected chi connectivity index (χ1v) is 9.20. The largest absolute Gasteiger partial charge is 0.548 e. The molecule has 0 saturated carbocycles. The van der Waals surface area contributed by atoms with Gasteiger partial charge in [0.2, 0.25) is 0 Å². The molecule has 0 fully saturated rings. The fourth-order valence-corrected chi connectivity index (χ4v) is 2.75. The number of hydrogen-bond donors (Lipinski definition) is 2. The quantitative estimate of drug-likeness (QED) is 0.554. The Kier molecular flexibility index (Phi) is 6.78. The number of furan rings is 1. The molecule has 1 aromatic heterocycles. The second kappa shape index (κ2) is 9.88. The standard InChI is InChI=1S/C23H20N2O5/c26-21(25-19(23(28)29)15-17-10-5-2-6-11-17)18(14-16-8-3-1-4-9-16)24-22(27)20-12-7-13-30-20/h1-14,19H,15H2,(H,24,27)(H,25,26)(H,28,29)/p-1/b18-14-/t19-/m0/s1. The average Bonchev–Trinajstić information content (AvgIpc) is 3.29. The Bertz CT molecular complexity index is 1030. The topological polar surface area (TPSA) is 111 Å². The molecule has 152 valence electrons. The van der Waals surface area contributed by atoms with Crippen LogP contribution in [0.5, 0.6) is 0 Å². The van der Waals surface area contributed by atoms with Gasteiger partial charge in [0.25, 0.3) is 11.8 Å². The summed E-state index contributed by atoms with van der Waals surface area (Å²) in [5.41, 5.74) is 1.25. The zero-order valence-electron chi connectivity index (χ0n) is 15.9. The molecule has 0 saturated heterocycles. The maximum atomic E-state index is 12.8. The number of carboxylic acid groups (broad SMARTS) is 1. The van der Waals surface area contributed by atoms with E-state index >= 15 is 0 Å². The predicted molar refractivity (Wildman–Crippen MR) is 108 cm³/mol. The van der Waals surface area contributed by atoms with Gasteiger partial charge in [0.15, 0.2) is 5.76 Å². The lowest BCUT2D eigenvalue weighted by molar-refractivity contribution is -0.308. The number of amides is 2. The molecule has 2 aromatic carbocycles. The van der Waals surface area contributed by atoms with E-state index in [2.05, 4.69) is 10.6 Å². The number of aliphatic carboxylic acids is 1. The van der Waals surface area contributed by atoms with Crippen molar-refractivity contribution < 1.29 is 23.9 Å². The molecule has 7 nitrogen and oxygen atoms in total. The fourth-order valence-electron chi connectivity index (χ4n) is 2.75. The normalized spacial score (nSPS) is 12.1. The lowest BCUT2D eigenvalue weighted by Gasteiger charge is -2.21. The van der Waals surface area contributed by atoms with E-state index in [1.807, 2.05) is 6.07 Å². The highest BCUT2D eigenvalue weighted by Crippen LogP contribution is 2.09. The summed E-state index contributed by atoms with van der Waals surface area (Å²) < 4.78 is 5.05. The Hall–Kier alpha value is -4.13. The average molecular weight is 403 g/mol. The zero-order valence-corrected chi connectivity index (χ0v) is 15.9. The van der Waals surface area contributed by atoms with Crippen LogP contribution in [0, 0.1) is 0 Å². The number of carbonyl (C=O) groups excluding carboxylic acids is 3. The second-order valence-electron chi connectivity index (χ2n) is 6.43. The third-order valence-electron chi connectivity index (χ3n) is 4.22. The van der Waals surface area contributed by atoms with Gasteiger partial charge in [0.1, 0.15) is 5.70 Å². The van der Waals surface area contributed by atoms with Crippen molar-refractivity contribution in [1.29, 1.82) is 0 Å². The van der Waals surface area contributed by atoms with Gasteiger partial charge in [-0.15, -0.1) is 0 Å². The SMILES string of the molecule is O=C(N[C@@H](Cc1ccccc1)C(=O)[O-])/C(=C/c1ccccc1)NC(=O)c1ccco1. The van der Waals surface area contributed by atoms with Crippen LogP contribution in [0.4, 0.5) is 0 Å². The van der Waals surface area contributed by atoms with Gasteiger partial charge in [-0.05, 0) is 35.8 Å². The van der Waals surface area contributed by atoms with Crippen molar-refractivity contribution in [1.82, 2.24) is 10.6 Å². The minimum atomic E-state index is -1.43. The smallest absolute Gasteiger partial charge is 0.291 e. The van der Waals surface area contributed by atoms with Crippen molar-refractivity contribution in [3.05, 3.63) is 102 Å². The number of carbonyl (C=O) groups is 3. The van der Waals surface area contributed by atoms with Crippen molar-refractivity contribution in [2.75, 3.05) is 0 Å². The highest BCUT2D eigenvalue weighted by molar-refractivity contribution is 6.05. The van der Waals surface area contributed by atoms with Gasteiger partial charge in [-0.25, -0.2) is 0 Å². The Balaban J connectivity index is 1.82. The summed E-state index contributed by atoms with van der Waals surface area (Å²) in [6, 6.07) is 19.4. The maximum absolute atomic E-state index is 12.8. The molecule has 1 heterocycles. The Morgan fingerprint density at radius 1 is 0.933 bits per heavy atom. The van der Waals surface area contributed by atoms with Crippen LogP contribution in [0.3, 0.4) is 0 Å². The summed E-state index contributed by atoms with van der Waals surface area (Å²) in [6.45, 7) is 0. The third kappa shape index (κ3) is 5.68. The van der Waals surface area contributed by atoms with Crippen molar-refractivity contribution in [2.45, 2.75) is 12.5 Å². The molecule has 3 rings (SSSR count). The molecule has 0 aliphatic carbocycles. The van der Waals surface area contributed by atoms with Crippen LogP contribution in [0.25, 0.3) is 6.08 Å². The van der Waals surface area contributed by atoms with Gasteiger partial charge in [-0.2, -0.15) is 0 Å². The highest BCUT2D eigenvalue weighted by atomic mass is 16.4. The Morgan fingerprint density at radius 3 is 2.20 bits per heavy atom. The van der Waals surface area contributed by atoms with Crippen molar-refractivity contribution in [3.63, 3.8) is 0 Å². The summed E-state index contributed by atoms with van der Waals surface area (Å²) in [7, 11) is 0. The van der Waals surface area contributed by atoms with Gasteiger partial charge in [-0.3, -0.25) is 9.59 Å². The van der Waals surface area contributed by atoms with Crippen molar-refractivity contribution in [2.24, 2.45) is 0 Å². The summed E-state index contributed by atoms with van der Waals surface area (Å²) in [5, 5.41) is 16.5. The van der Waals surface area contributed by atoms with Gasteiger partial charge < -0.3 is 25.0 Å². The number of hydrogen-bond acceptors (Lipinski definition) is 5. The minimum Gasteiger partial charge on any atom is -0.548 e. The lowest BCUT2D eigenvalue weighted by Crippen LogP contribution is -2.50. The van der Waals surface area contributed by atoms with Crippen LogP contribution in [0.15, 0.2) is 89.2 Å². The maximum Gasteiger partial charge on any atom is 0.291 e. The Morgan fingerprint density at radius 2 is 1.60 bits per heavy atom. The van der Waals surface area contributed by atoms with E-state index in [1.54, 1.807) is 60.7 Å². The first-order chi connectivity index (χ1) is 14.5. The van der Waals surface area contributed by atoms with Gasteiger partial charge in [0, 0.05) is 0 Å². The molecule has 0 spiro atoms. The molecule has 2 N–H and O–H groups in total. The van der Waals surface area contributed by atoms with Crippen LogP contribution >= 0.6 is 0 Å². The van der Waals surface area contributed by atoms with Gasteiger partial charge in [0.05, 0.1) is 18.3 Å². The molecule has 7 heteroatoms. The molecule has 0 aliphatic heterocycles.